The number of carbonyl (C=O) groups is 1. The molecule has 0 spiro atoms. The molecule has 2 rings (SSSR count). The molecule has 0 atom stereocenters. The van der Waals surface area contributed by atoms with Crippen LogP contribution in [0.4, 0.5) is 0 Å². The van der Waals surface area contributed by atoms with Gasteiger partial charge in [-0.1, -0.05) is 12.5 Å². The second kappa shape index (κ2) is 5.03. The molecule has 0 aromatic carbocycles. The van der Waals surface area contributed by atoms with Gasteiger partial charge in [0.1, 0.15) is 5.69 Å². The van der Waals surface area contributed by atoms with Crippen LogP contribution >= 0.6 is 0 Å². The minimum Gasteiger partial charge on any atom is -0.299 e. The van der Waals surface area contributed by atoms with E-state index in [0.717, 1.165) is 12.8 Å². The summed E-state index contributed by atoms with van der Waals surface area (Å²) >= 11 is 0. The van der Waals surface area contributed by atoms with Gasteiger partial charge in [0.25, 0.3) is 0 Å². The number of carbonyl (C=O) groups excluding carboxylic acids is 1. The first-order valence-electron chi connectivity index (χ1n) is 5.51. The average Bonchev–Trinajstić information content (AvgIpc) is 2.31. The molecule has 0 amide bonds. The van der Waals surface area contributed by atoms with E-state index in [4.69, 9.17) is 0 Å². The van der Waals surface area contributed by atoms with E-state index in [0.29, 0.717) is 5.69 Å². The highest BCUT2D eigenvalue weighted by Gasteiger charge is 2.10. The zero-order valence-electron chi connectivity index (χ0n) is 8.85. The number of piperidine rings is 1. The highest BCUT2D eigenvalue weighted by atomic mass is 16.1. The van der Waals surface area contributed by atoms with Crippen molar-refractivity contribution >= 4 is 6.29 Å². The lowest BCUT2D eigenvalue weighted by atomic mass is 10.1. The van der Waals surface area contributed by atoms with E-state index in [-0.39, 0.29) is 0 Å². The molecule has 1 aromatic heterocycles. The number of nitrogens with zero attached hydrogens (tertiary/aromatic N) is 2. The fourth-order valence-electron chi connectivity index (χ4n) is 1.97. The average molecular weight is 204 g/mol. The molecule has 1 fully saturated rings. The number of likely N-dealkylation sites (tertiary alicyclic amines) is 1. The molecule has 0 saturated carbocycles. The van der Waals surface area contributed by atoms with Gasteiger partial charge in [0.05, 0.1) is 0 Å². The Morgan fingerprint density at radius 3 is 2.67 bits per heavy atom. The maximum Gasteiger partial charge on any atom is 0.168 e. The second-order valence-electron chi connectivity index (χ2n) is 4.05. The predicted octanol–water partition coefficient (Wildman–Crippen LogP) is 1.88. The molecule has 1 aromatic rings. The van der Waals surface area contributed by atoms with Gasteiger partial charge < -0.3 is 0 Å². The van der Waals surface area contributed by atoms with E-state index in [1.807, 2.05) is 6.07 Å². The van der Waals surface area contributed by atoms with Gasteiger partial charge in [-0.3, -0.25) is 14.7 Å². The Bertz CT molecular complexity index is 315. The molecule has 2 heterocycles. The molecule has 0 bridgehead atoms. The minimum atomic E-state index is 0.511. The van der Waals surface area contributed by atoms with E-state index >= 15 is 0 Å². The molecule has 0 radical (unpaired) electrons. The molecular formula is C12H16N2O. The van der Waals surface area contributed by atoms with Crippen molar-refractivity contribution in [2.24, 2.45) is 0 Å². The monoisotopic (exact) mass is 204 g/mol. The third-order valence-corrected chi connectivity index (χ3v) is 2.82. The van der Waals surface area contributed by atoms with Crippen molar-refractivity contribution in [1.82, 2.24) is 9.88 Å². The molecule has 3 heteroatoms. The Labute approximate surface area is 90.1 Å². The van der Waals surface area contributed by atoms with Crippen LogP contribution in [-0.2, 0) is 6.54 Å². The molecule has 0 N–H and O–H groups in total. The van der Waals surface area contributed by atoms with Crippen LogP contribution in [0.2, 0.25) is 0 Å². The fourth-order valence-corrected chi connectivity index (χ4v) is 1.97. The van der Waals surface area contributed by atoms with Gasteiger partial charge in [-0.05, 0) is 37.6 Å². The number of hydrogen-bond acceptors (Lipinski definition) is 3. The van der Waals surface area contributed by atoms with Crippen molar-refractivity contribution in [2.45, 2.75) is 25.8 Å². The van der Waals surface area contributed by atoms with Gasteiger partial charge in [0.2, 0.25) is 0 Å². The van der Waals surface area contributed by atoms with Gasteiger partial charge >= 0.3 is 0 Å². The zero-order valence-corrected chi connectivity index (χ0v) is 8.85. The Morgan fingerprint density at radius 2 is 2.07 bits per heavy atom. The van der Waals surface area contributed by atoms with Crippen molar-refractivity contribution < 1.29 is 4.79 Å². The molecule has 0 aliphatic carbocycles. The lowest BCUT2D eigenvalue weighted by Gasteiger charge is -2.26. The number of rotatable bonds is 3. The topological polar surface area (TPSA) is 33.2 Å². The van der Waals surface area contributed by atoms with Crippen molar-refractivity contribution in [3.8, 4) is 0 Å². The Balaban J connectivity index is 1.94. The number of aldehydes is 1. The predicted molar refractivity (Wildman–Crippen MR) is 58.8 cm³/mol. The first-order valence-corrected chi connectivity index (χ1v) is 5.51. The van der Waals surface area contributed by atoms with Gasteiger partial charge in [-0.2, -0.15) is 0 Å². The summed E-state index contributed by atoms with van der Waals surface area (Å²) < 4.78 is 0. The third-order valence-electron chi connectivity index (χ3n) is 2.82. The van der Waals surface area contributed by atoms with E-state index in [1.54, 1.807) is 12.3 Å². The van der Waals surface area contributed by atoms with E-state index < -0.39 is 0 Å². The van der Waals surface area contributed by atoms with Crippen LogP contribution in [0.1, 0.15) is 35.3 Å². The quantitative estimate of drug-likeness (QED) is 0.705. The summed E-state index contributed by atoms with van der Waals surface area (Å²) in [5.41, 5.74) is 1.71. The maximum absolute atomic E-state index is 10.4. The van der Waals surface area contributed by atoms with Crippen LogP contribution in [0.3, 0.4) is 0 Å². The zero-order chi connectivity index (χ0) is 10.5. The van der Waals surface area contributed by atoms with E-state index in [9.17, 15) is 4.79 Å². The lowest BCUT2D eigenvalue weighted by molar-refractivity contribution is 0.111. The molecule has 3 nitrogen and oxygen atoms in total. The first kappa shape index (κ1) is 10.3. The molecule has 1 aliphatic heterocycles. The van der Waals surface area contributed by atoms with Gasteiger partial charge in [0.15, 0.2) is 6.29 Å². The summed E-state index contributed by atoms with van der Waals surface area (Å²) in [4.78, 5) is 16.9. The normalized spacial score (nSPS) is 17.6. The molecule has 1 saturated heterocycles. The molecule has 80 valence electrons. The third kappa shape index (κ3) is 2.86. The SMILES string of the molecule is O=Cc1ccc(CN2CCCCC2)cn1. The van der Waals surface area contributed by atoms with Crippen molar-refractivity contribution in [3.63, 3.8) is 0 Å². The Morgan fingerprint density at radius 1 is 1.27 bits per heavy atom. The van der Waals surface area contributed by atoms with Crippen molar-refractivity contribution in [2.75, 3.05) is 13.1 Å². The lowest BCUT2D eigenvalue weighted by Crippen LogP contribution is -2.29. The smallest absolute Gasteiger partial charge is 0.168 e. The van der Waals surface area contributed by atoms with Crippen molar-refractivity contribution in [3.05, 3.63) is 29.6 Å². The summed E-state index contributed by atoms with van der Waals surface area (Å²) in [5, 5.41) is 0. The van der Waals surface area contributed by atoms with E-state index in [1.165, 1.54) is 37.9 Å². The molecule has 1 aliphatic rings. The molecule has 15 heavy (non-hydrogen) atoms. The van der Waals surface area contributed by atoms with Crippen LogP contribution in [0.15, 0.2) is 18.3 Å². The fraction of sp³-hybridized carbons (Fsp3) is 0.500. The van der Waals surface area contributed by atoms with Crippen LogP contribution in [0, 0.1) is 0 Å². The number of aromatic nitrogens is 1. The van der Waals surface area contributed by atoms with Crippen LogP contribution in [0.25, 0.3) is 0 Å². The Kier molecular flexibility index (Phi) is 3.45. The summed E-state index contributed by atoms with van der Waals surface area (Å²) in [6, 6.07) is 3.78. The molecule has 0 unspecified atom stereocenters. The molecular weight excluding hydrogens is 188 g/mol. The summed E-state index contributed by atoms with van der Waals surface area (Å²) in [7, 11) is 0. The minimum absolute atomic E-state index is 0.511. The second-order valence-corrected chi connectivity index (χ2v) is 4.05. The van der Waals surface area contributed by atoms with Crippen LogP contribution in [0.5, 0.6) is 0 Å². The summed E-state index contributed by atoms with van der Waals surface area (Å²) in [6.07, 6.45) is 6.56. The summed E-state index contributed by atoms with van der Waals surface area (Å²) in [5.74, 6) is 0. The first-order chi connectivity index (χ1) is 7.38. The van der Waals surface area contributed by atoms with Gasteiger partial charge in [-0.25, -0.2) is 0 Å². The van der Waals surface area contributed by atoms with Crippen molar-refractivity contribution in [1.29, 1.82) is 0 Å². The summed E-state index contributed by atoms with van der Waals surface area (Å²) in [6.45, 7) is 3.34. The largest absolute Gasteiger partial charge is 0.299 e. The standard InChI is InChI=1S/C12H16N2O/c15-10-12-5-4-11(8-13-12)9-14-6-2-1-3-7-14/h4-5,8,10H,1-3,6-7,9H2. The highest BCUT2D eigenvalue weighted by Crippen LogP contribution is 2.12. The van der Waals surface area contributed by atoms with Crippen LogP contribution in [-0.4, -0.2) is 29.3 Å². The van der Waals surface area contributed by atoms with Crippen LogP contribution < -0.4 is 0 Å². The van der Waals surface area contributed by atoms with E-state index in [2.05, 4.69) is 9.88 Å². The maximum atomic E-state index is 10.4. The highest BCUT2D eigenvalue weighted by molar-refractivity contribution is 5.71. The van der Waals surface area contributed by atoms with Gasteiger partial charge in [0, 0.05) is 12.7 Å². The van der Waals surface area contributed by atoms with Gasteiger partial charge in [-0.15, -0.1) is 0 Å². The Hall–Kier alpha value is -1.22. The number of pyridine rings is 1. The number of hydrogen-bond donors (Lipinski definition) is 0.